The Morgan fingerprint density at radius 1 is 1.23 bits per heavy atom. The van der Waals surface area contributed by atoms with Crippen molar-refractivity contribution in [2.75, 3.05) is 12.4 Å². The minimum atomic E-state index is -0.878. The summed E-state index contributed by atoms with van der Waals surface area (Å²) in [5.41, 5.74) is 2.44. The number of rotatable bonds is 12. The van der Waals surface area contributed by atoms with Crippen LogP contribution in [0.5, 0.6) is 11.5 Å². The number of phenols is 1. The molecule has 0 unspecified atom stereocenters. The molecule has 0 aromatic heterocycles. The van der Waals surface area contributed by atoms with Crippen LogP contribution in [0.15, 0.2) is 35.2 Å². The fourth-order valence-electron chi connectivity index (χ4n) is 3.05. The molecule has 7 heteroatoms. The van der Waals surface area contributed by atoms with Gasteiger partial charge in [0.05, 0.1) is 18.1 Å². The van der Waals surface area contributed by atoms with E-state index in [-0.39, 0.29) is 12.2 Å². The van der Waals surface area contributed by atoms with Gasteiger partial charge in [-0.15, -0.1) is 11.8 Å². The number of aliphatic carboxylic acids is 1. The highest BCUT2D eigenvalue weighted by Crippen LogP contribution is 2.34. The molecule has 0 amide bonds. The molecule has 0 heterocycles. The molecule has 0 radical (unpaired) electrons. The van der Waals surface area contributed by atoms with Gasteiger partial charge in [0.2, 0.25) is 0 Å². The van der Waals surface area contributed by atoms with Gasteiger partial charge in [0.25, 0.3) is 0 Å². The zero-order chi connectivity index (χ0) is 22.1. The molecule has 0 spiro atoms. The molecular weight excluding hydrogens is 422 g/mol. The number of phenolic OH excluding ortho intramolecular Hbond substituents is 1. The Morgan fingerprint density at radius 3 is 2.63 bits per heavy atom. The first-order valence-corrected chi connectivity index (χ1v) is 11.4. The summed E-state index contributed by atoms with van der Waals surface area (Å²) in [6.45, 7) is 4.45. The summed E-state index contributed by atoms with van der Waals surface area (Å²) < 4.78 is 5.93. The second-order valence-corrected chi connectivity index (χ2v) is 8.45. The Bertz CT molecular complexity index is 901. The van der Waals surface area contributed by atoms with E-state index in [1.165, 1.54) is 0 Å². The van der Waals surface area contributed by atoms with Crippen molar-refractivity contribution in [1.82, 2.24) is 0 Å². The molecule has 3 N–H and O–H groups in total. The molecule has 2 aromatic rings. The van der Waals surface area contributed by atoms with Crippen LogP contribution < -0.4 is 4.74 Å². The molecule has 30 heavy (non-hydrogen) atoms. The first kappa shape index (κ1) is 24.1. The monoisotopic (exact) mass is 449 g/mol. The van der Waals surface area contributed by atoms with Crippen molar-refractivity contribution in [3.8, 4) is 11.5 Å². The Hall–Kier alpha value is -2.18. The maximum atomic E-state index is 10.8. The third-order valence-corrected chi connectivity index (χ3v) is 6.16. The Balaban J connectivity index is 1.92. The van der Waals surface area contributed by atoms with Crippen molar-refractivity contribution < 1.29 is 19.7 Å². The van der Waals surface area contributed by atoms with E-state index in [1.807, 2.05) is 26.0 Å². The van der Waals surface area contributed by atoms with E-state index in [1.54, 1.807) is 30.0 Å². The normalized spacial score (nSPS) is 10.8. The third kappa shape index (κ3) is 6.67. The molecule has 5 nitrogen and oxygen atoms in total. The lowest BCUT2D eigenvalue weighted by molar-refractivity contribution is -0.136. The summed E-state index contributed by atoms with van der Waals surface area (Å²) in [4.78, 5) is 11.7. The van der Waals surface area contributed by atoms with Gasteiger partial charge in [0.1, 0.15) is 11.5 Å². The molecule has 0 saturated carbocycles. The number of halogens is 1. The van der Waals surface area contributed by atoms with Gasteiger partial charge >= 0.3 is 5.97 Å². The van der Waals surface area contributed by atoms with E-state index < -0.39 is 5.97 Å². The minimum Gasteiger partial charge on any atom is -0.507 e. The van der Waals surface area contributed by atoms with Gasteiger partial charge in [-0.2, -0.15) is 0 Å². The van der Waals surface area contributed by atoms with Crippen LogP contribution in [0.1, 0.15) is 49.8 Å². The van der Waals surface area contributed by atoms with E-state index in [9.17, 15) is 9.90 Å². The summed E-state index contributed by atoms with van der Waals surface area (Å²) >= 11 is 7.86. The average Bonchev–Trinajstić information content (AvgIpc) is 2.70. The van der Waals surface area contributed by atoms with Crippen LogP contribution in [0.25, 0.3) is 0 Å². The minimum absolute atomic E-state index is 0.0397. The number of thioether (sulfide) groups is 1. The summed E-state index contributed by atoms with van der Waals surface area (Å²) in [7, 11) is 0. The molecule has 2 aromatic carbocycles. The van der Waals surface area contributed by atoms with Crippen LogP contribution >= 0.6 is 23.4 Å². The maximum Gasteiger partial charge on any atom is 0.307 e. The highest BCUT2D eigenvalue weighted by atomic mass is 35.5. The molecular formula is C23H28ClNO4S. The third-order valence-electron chi connectivity index (χ3n) is 4.57. The molecule has 0 saturated heterocycles. The van der Waals surface area contributed by atoms with Crippen LogP contribution in [-0.2, 0) is 17.6 Å². The van der Waals surface area contributed by atoms with Gasteiger partial charge < -0.3 is 20.4 Å². The van der Waals surface area contributed by atoms with Crippen molar-refractivity contribution >= 4 is 35.0 Å². The zero-order valence-corrected chi connectivity index (χ0v) is 18.9. The predicted molar refractivity (Wildman–Crippen MR) is 123 cm³/mol. The van der Waals surface area contributed by atoms with E-state index in [4.69, 9.17) is 26.9 Å². The number of nitrogens with one attached hydrogen (secondary N) is 1. The number of hydrogen-bond donors (Lipinski definition) is 3. The van der Waals surface area contributed by atoms with E-state index >= 15 is 0 Å². The average molecular weight is 450 g/mol. The maximum absolute atomic E-state index is 10.8. The number of benzene rings is 2. The number of hydrogen-bond acceptors (Lipinski definition) is 5. The highest BCUT2D eigenvalue weighted by Gasteiger charge is 2.15. The van der Waals surface area contributed by atoms with Crippen LogP contribution in [0.3, 0.4) is 0 Å². The Labute approximate surface area is 186 Å². The number of carbonyl (C=O) groups is 1. The van der Waals surface area contributed by atoms with Crippen molar-refractivity contribution in [1.29, 1.82) is 5.41 Å². The summed E-state index contributed by atoms with van der Waals surface area (Å²) in [6, 6.07) is 8.93. The van der Waals surface area contributed by atoms with Gasteiger partial charge in [-0.05, 0) is 49.1 Å². The molecule has 162 valence electrons. The largest absolute Gasteiger partial charge is 0.507 e. The van der Waals surface area contributed by atoms with Gasteiger partial charge in [0, 0.05) is 27.5 Å². The molecule has 2 rings (SSSR count). The fraction of sp³-hybridized carbons (Fsp3) is 0.391. The van der Waals surface area contributed by atoms with Crippen molar-refractivity contribution in [3.05, 3.63) is 52.0 Å². The highest BCUT2D eigenvalue weighted by molar-refractivity contribution is 7.99. The van der Waals surface area contributed by atoms with Crippen LogP contribution in [0, 0.1) is 5.41 Å². The smallest absolute Gasteiger partial charge is 0.307 e. The predicted octanol–water partition coefficient (Wildman–Crippen LogP) is 5.96. The second kappa shape index (κ2) is 11.9. The van der Waals surface area contributed by atoms with Crippen molar-refractivity contribution in [3.63, 3.8) is 0 Å². The summed E-state index contributed by atoms with van der Waals surface area (Å²) in [5.74, 6) is 0.745. The molecule has 0 aliphatic carbocycles. The quantitative estimate of drug-likeness (QED) is 0.211. The van der Waals surface area contributed by atoms with Crippen molar-refractivity contribution in [2.45, 2.75) is 50.8 Å². The topological polar surface area (TPSA) is 90.6 Å². The van der Waals surface area contributed by atoms with Gasteiger partial charge in [-0.3, -0.25) is 4.79 Å². The first-order valence-electron chi connectivity index (χ1n) is 10.1. The second-order valence-electron chi connectivity index (χ2n) is 6.91. The van der Waals surface area contributed by atoms with Crippen LogP contribution in [-0.4, -0.2) is 34.3 Å². The summed E-state index contributed by atoms with van der Waals surface area (Å²) in [6.07, 6.45) is 2.88. The SMILES string of the molecule is CCCc1c(OCCCSc2ccc(CC(=O)O)cc2Cl)ccc(C(=N)CC)c1O. The van der Waals surface area contributed by atoms with Crippen LogP contribution in [0.2, 0.25) is 5.02 Å². The number of carboxylic acid groups (broad SMARTS) is 1. The van der Waals surface area contributed by atoms with Gasteiger partial charge in [-0.25, -0.2) is 0 Å². The van der Waals surface area contributed by atoms with Gasteiger partial charge in [0.15, 0.2) is 0 Å². The molecule has 0 aliphatic heterocycles. The summed E-state index contributed by atoms with van der Waals surface area (Å²) in [5, 5.41) is 28.0. The van der Waals surface area contributed by atoms with Crippen molar-refractivity contribution in [2.24, 2.45) is 0 Å². The molecule has 0 atom stereocenters. The molecule has 0 fully saturated rings. The lowest BCUT2D eigenvalue weighted by Gasteiger charge is -2.16. The first-order chi connectivity index (χ1) is 14.4. The number of ether oxygens (including phenoxy) is 1. The van der Waals surface area contributed by atoms with E-state index in [0.717, 1.165) is 29.1 Å². The van der Waals surface area contributed by atoms with Gasteiger partial charge in [-0.1, -0.05) is 37.9 Å². The number of aromatic hydroxyl groups is 1. The zero-order valence-electron chi connectivity index (χ0n) is 17.3. The van der Waals surface area contributed by atoms with E-state index in [2.05, 4.69) is 0 Å². The Kier molecular flexibility index (Phi) is 9.53. The standard InChI is InChI=1S/C23H28ClNO4S/c1-3-6-17-20(9-8-16(23(17)28)19(25)4-2)29-11-5-12-30-21-10-7-15(13-18(21)24)14-22(26)27/h7-10,13,25,28H,3-6,11-12,14H2,1-2H3,(H,26,27). The Morgan fingerprint density at radius 2 is 2.00 bits per heavy atom. The molecule has 0 aliphatic rings. The molecule has 0 bridgehead atoms. The number of carboxylic acids is 1. The van der Waals surface area contributed by atoms with Crippen LogP contribution in [0.4, 0.5) is 0 Å². The van der Waals surface area contributed by atoms with E-state index in [0.29, 0.717) is 47.1 Å². The fourth-order valence-corrected chi connectivity index (χ4v) is 4.26. The lowest BCUT2D eigenvalue weighted by atomic mass is 9.99. The lowest BCUT2D eigenvalue weighted by Crippen LogP contribution is -2.05.